The summed E-state index contributed by atoms with van der Waals surface area (Å²) in [6.45, 7) is 1.31. The third-order valence-corrected chi connectivity index (χ3v) is 5.46. The molecule has 1 aliphatic heterocycles. The van der Waals surface area contributed by atoms with Gasteiger partial charge in [-0.2, -0.15) is 13.2 Å². The smallest absolute Gasteiger partial charge is 0.416 e. The topological polar surface area (TPSA) is 40.5 Å². The lowest BCUT2D eigenvalue weighted by atomic mass is 9.84. The van der Waals surface area contributed by atoms with Gasteiger partial charge < -0.3 is 5.11 Å². The Kier molecular flexibility index (Phi) is 6.30. The molecule has 1 heterocycles. The van der Waals surface area contributed by atoms with Crippen molar-refractivity contribution in [1.29, 1.82) is 0 Å². The van der Waals surface area contributed by atoms with E-state index in [4.69, 9.17) is 16.7 Å². The molecule has 7 heteroatoms. The van der Waals surface area contributed by atoms with E-state index >= 15 is 0 Å². The molecule has 3 nitrogen and oxygen atoms in total. The van der Waals surface area contributed by atoms with Crippen LogP contribution in [0, 0.1) is 5.92 Å². The fraction of sp³-hybridized carbons (Fsp3) is 0.381. The molecular weight excluding hydrogens is 391 g/mol. The van der Waals surface area contributed by atoms with Gasteiger partial charge in [-0.05, 0) is 60.7 Å². The van der Waals surface area contributed by atoms with Gasteiger partial charge in [0, 0.05) is 24.0 Å². The van der Waals surface area contributed by atoms with E-state index in [9.17, 15) is 18.0 Å². The van der Waals surface area contributed by atoms with Gasteiger partial charge in [0.25, 0.3) is 0 Å². The predicted octanol–water partition coefficient (Wildman–Crippen LogP) is 5.79. The predicted molar refractivity (Wildman–Crippen MR) is 101 cm³/mol. The highest BCUT2D eigenvalue weighted by Gasteiger charge is 2.33. The summed E-state index contributed by atoms with van der Waals surface area (Å²) in [7, 11) is 0. The van der Waals surface area contributed by atoms with Gasteiger partial charge in [-0.15, -0.1) is 0 Å². The highest BCUT2D eigenvalue weighted by Crippen LogP contribution is 2.38. The molecule has 1 N–H and O–H groups in total. The van der Waals surface area contributed by atoms with E-state index < -0.39 is 17.7 Å². The zero-order valence-electron chi connectivity index (χ0n) is 15.1. The SMILES string of the molecule is O=C(O)C[C@@H]1CCN(Cc2ccc(Cl)cc2)[C@H](c2ccc(C(F)(F)F)cc2)C1. The molecule has 150 valence electrons. The van der Waals surface area contributed by atoms with E-state index in [1.165, 1.54) is 12.1 Å². The maximum Gasteiger partial charge on any atom is 0.416 e. The van der Waals surface area contributed by atoms with Crippen LogP contribution in [0.5, 0.6) is 0 Å². The molecule has 28 heavy (non-hydrogen) atoms. The Labute approximate surface area is 166 Å². The van der Waals surface area contributed by atoms with E-state index in [0.29, 0.717) is 24.5 Å². The van der Waals surface area contributed by atoms with Crippen molar-refractivity contribution >= 4 is 17.6 Å². The summed E-state index contributed by atoms with van der Waals surface area (Å²) in [5, 5.41) is 9.77. The van der Waals surface area contributed by atoms with Crippen LogP contribution in [0.4, 0.5) is 13.2 Å². The number of carboxylic acid groups (broad SMARTS) is 1. The maximum atomic E-state index is 12.9. The molecule has 0 unspecified atom stereocenters. The fourth-order valence-electron chi connectivity index (χ4n) is 3.77. The van der Waals surface area contributed by atoms with Gasteiger partial charge in [-0.25, -0.2) is 0 Å². The number of halogens is 4. The Hall–Kier alpha value is -2.05. The lowest BCUT2D eigenvalue weighted by Gasteiger charge is -2.39. The van der Waals surface area contributed by atoms with Gasteiger partial charge in [0.15, 0.2) is 0 Å². The molecule has 0 aromatic heterocycles. The second-order valence-electron chi connectivity index (χ2n) is 7.22. The van der Waals surface area contributed by atoms with E-state index in [2.05, 4.69) is 4.90 Å². The normalized spacial score (nSPS) is 20.9. The first-order valence-electron chi connectivity index (χ1n) is 9.10. The zero-order chi connectivity index (χ0) is 20.3. The number of hydrogen-bond donors (Lipinski definition) is 1. The van der Waals surface area contributed by atoms with Crippen LogP contribution >= 0.6 is 11.6 Å². The van der Waals surface area contributed by atoms with Crippen LogP contribution in [0.2, 0.25) is 5.02 Å². The fourth-order valence-corrected chi connectivity index (χ4v) is 3.90. The van der Waals surface area contributed by atoms with Gasteiger partial charge in [0.1, 0.15) is 0 Å². The first-order chi connectivity index (χ1) is 13.2. The molecule has 1 saturated heterocycles. The molecular formula is C21H21ClF3NO2. The van der Waals surface area contributed by atoms with Gasteiger partial charge in [0.05, 0.1) is 5.56 Å². The Morgan fingerprint density at radius 3 is 2.32 bits per heavy atom. The van der Waals surface area contributed by atoms with Crippen LogP contribution in [0.1, 0.15) is 42.0 Å². The van der Waals surface area contributed by atoms with E-state index in [1.54, 1.807) is 12.1 Å². The van der Waals surface area contributed by atoms with Gasteiger partial charge in [-0.1, -0.05) is 35.9 Å². The molecule has 1 fully saturated rings. The minimum absolute atomic E-state index is 0.00580. The minimum Gasteiger partial charge on any atom is -0.481 e. The number of nitrogens with zero attached hydrogens (tertiary/aromatic N) is 1. The first-order valence-corrected chi connectivity index (χ1v) is 9.47. The Morgan fingerprint density at radius 2 is 1.75 bits per heavy atom. The molecule has 2 atom stereocenters. The number of likely N-dealkylation sites (tertiary alicyclic amines) is 1. The average molecular weight is 412 g/mol. The second kappa shape index (κ2) is 8.53. The van der Waals surface area contributed by atoms with Crippen molar-refractivity contribution in [2.75, 3.05) is 6.54 Å². The van der Waals surface area contributed by atoms with Crippen molar-refractivity contribution in [2.45, 2.75) is 38.0 Å². The highest BCUT2D eigenvalue weighted by atomic mass is 35.5. The van der Waals surface area contributed by atoms with Gasteiger partial charge in [-0.3, -0.25) is 9.69 Å². The number of hydrogen-bond acceptors (Lipinski definition) is 2. The van der Waals surface area contributed by atoms with Crippen LogP contribution in [0.15, 0.2) is 48.5 Å². The zero-order valence-corrected chi connectivity index (χ0v) is 15.9. The van der Waals surface area contributed by atoms with Crippen LogP contribution in [-0.4, -0.2) is 22.5 Å². The molecule has 2 aromatic rings. The van der Waals surface area contributed by atoms with Gasteiger partial charge >= 0.3 is 12.1 Å². The lowest BCUT2D eigenvalue weighted by Crippen LogP contribution is -2.37. The summed E-state index contributed by atoms with van der Waals surface area (Å²) >= 11 is 5.94. The van der Waals surface area contributed by atoms with Crippen molar-refractivity contribution in [3.8, 4) is 0 Å². The Morgan fingerprint density at radius 1 is 1.11 bits per heavy atom. The standard InChI is InChI=1S/C21H21ClF3NO2/c22-18-7-1-14(2-8-18)13-26-10-9-15(12-20(27)28)11-19(26)16-3-5-17(6-4-16)21(23,24)25/h1-8,15,19H,9-13H2,(H,27,28)/t15-,19+/m1/s1. The van der Waals surface area contributed by atoms with Crippen LogP contribution in [-0.2, 0) is 17.5 Å². The Bertz CT molecular complexity index is 806. The lowest BCUT2D eigenvalue weighted by molar-refractivity contribution is -0.139. The number of alkyl halides is 3. The number of piperidine rings is 1. The van der Waals surface area contributed by atoms with Crippen molar-refractivity contribution in [1.82, 2.24) is 4.90 Å². The monoisotopic (exact) mass is 411 g/mol. The third kappa shape index (κ3) is 5.26. The summed E-state index contributed by atoms with van der Waals surface area (Å²) in [5.41, 5.74) is 1.15. The summed E-state index contributed by atoms with van der Waals surface area (Å²) < 4.78 is 38.6. The van der Waals surface area contributed by atoms with Crippen molar-refractivity contribution in [2.24, 2.45) is 5.92 Å². The largest absolute Gasteiger partial charge is 0.481 e. The Balaban J connectivity index is 1.83. The van der Waals surface area contributed by atoms with Crippen molar-refractivity contribution in [3.63, 3.8) is 0 Å². The number of aliphatic carboxylic acids is 1. The number of rotatable bonds is 5. The molecule has 0 spiro atoms. The maximum absolute atomic E-state index is 12.9. The molecule has 3 rings (SSSR count). The summed E-state index contributed by atoms with van der Waals surface area (Å²) in [4.78, 5) is 13.3. The molecule has 0 bridgehead atoms. The van der Waals surface area contributed by atoms with Crippen molar-refractivity contribution < 1.29 is 23.1 Å². The van der Waals surface area contributed by atoms with Crippen LogP contribution in [0.3, 0.4) is 0 Å². The molecule has 0 aliphatic carbocycles. The minimum atomic E-state index is -4.38. The first kappa shape index (κ1) is 20.7. The quantitative estimate of drug-likeness (QED) is 0.677. The molecule has 0 radical (unpaired) electrons. The van der Waals surface area contributed by atoms with E-state index in [0.717, 1.165) is 29.7 Å². The molecule has 0 saturated carbocycles. The van der Waals surface area contributed by atoms with E-state index in [-0.39, 0.29) is 18.4 Å². The van der Waals surface area contributed by atoms with Crippen LogP contribution in [0.25, 0.3) is 0 Å². The number of carbonyl (C=O) groups is 1. The van der Waals surface area contributed by atoms with E-state index in [1.807, 2.05) is 12.1 Å². The van der Waals surface area contributed by atoms with Gasteiger partial charge in [0.2, 0.25) is 0 Å². The summed E-state index contributed by atoms with van der Waals surface area (Å²) in [5.74, 6) is -0.839. The second-order valence-corrected chi connectivity index (χ2v) is 7.66. The molecule has 0 amide bonds. The average Bonchev–Trinajstić information content (AvgIpc) is 2.64. The number of benzene rings is 2. The number of carboxylic acids is 1. The van der Waals surface area contributed by atoms with Crippen LogP contribution < -0.4 is 0 Å². The third-order valence-electron chi connectivity index (χ3n) is 5.21. The highest BCUT2D eigenvalue weighted by molar-refractivity contribution is 6.30. The van der Waals surface area contributed by atoms with Crippen molar-refractivity contribution in [3.05, 3.63) is 70.2 Å². The summed E-state index contributed by atoms with van der Waals surface area (Å²) in [6.07, 6.45) is -2.95. The molecule has 1 aliphatic rings. The molecule has 2 aromatic carbocycles. The summed E-state index contributed by atoms with van der Waals surface area (Å²) in [6, 6.07) is 12.5.